The molecule has 0 aliphatic carbocycles. The van der Waals surface area contributed by atoms with Crippen molar-refractivity contribution in [3.63, 3.8) is 0 Å². The fraction of sp³-hybridized carbons (Fsp3) is 0.471. The molecule has 1 atom stereocenters. The minimum absolute atomic E-state index is 0.153. The molecule has 0 unspecified atom stereocenters. The highest BCUT2D eigenvalue weighted by Gasteiger charge is 2.31. The zero-order valence-electron chi connectivity index (χ0n) is 14.5. The van der Waals surface area contributed by atoms with Crippen LogP contribution in [0.25, 0.3) is 11.5 Å². The second kappa shape index (κ2) is 6.27. The molecule has 0 aromatic carbocycles. The standard InChI is InChI=1S/C17H20N6O2/c1-10(2)16-19-17(24-22-16)12-6-7-14(18-9-12)23-8-4-5-13(23)15-11(3)20-25-21-15/h6-7,9-10,13H,4-5,8H2,1-3H3/t13-/m0/s1. The van der Waals surface area contributed by atoms with Crippen LogP contribution in [0.3, 0.4) is 0 Å². The molecule has 130 valence electrons. The van der Waals surface area contributed by atoms with Crippen molar-refractivity contribution in [3.05, 3.63) is 35.5 Å². The van der Waals surface area contributed by atoms with Gasteiger partial charge in [0.1, 0.15) is 17.2 Å². The van der Waals surface area contributed by atoms with E-state index in [1.54, 1.807) is 6.20 Å². The van der Waals surface area contributed by atoms with E-state index in [4.69, 9.17) is 9.15 Å². The van der Waals surface area contributed by atoms with Crippen molar-refractivity contribution in [3.8, 4) is 11.5 Å². The van der Waals surface area contributed by atoms with Gasteiger partial charge in [-0.3, -0.25) is 0 Å². The van der Waals surface area contributed by atoms with Gasteiger partial charge in [0.15, 0.2) is 5.82 Å². The lowest BCUT2D eigenvalue weighted by atomic mass is 10.1. The monoisotopic (exact) mass is 340 g/mol. The molecule has 3 aromatic heterocycles. The molecule has 8 heteroatoms. The fourth-order valence-corrected chi connectivity index (χ4v) is 3.13. The lowest BCUT2D eigenvalue weighted by Crippen LogP contribution is -2.24. The first-order valence-electron chi connectivity index (χ1n) is 8.49. The average molecular weight is 340 g/mol. The molecule has 0 bridgehead atoms. The lowest BCUT2D eigenvalue weighted by Gasteiger charge is -2.24. The summed E-state index contributed by atoms with van der Waals surface area (Å²) in [6, 6.07) is 4.10. The van der Waals surface area contributed by atoms with Crippen molar-refractivity contribution in [2.45, 2.75) is 45.6 Å². The van der Waals surface area contributed by atoms with Gasteiger partial charge in [-0.15, -0.1) is 0 Å². The zero-order chi connectivity index (χ0) is 17.4. The summed E-state index contributed by atoms with van der Waals surface area (Å²) in [6.07, 6.45) is 3.87. The SMILES string of the molecule is Cc1nonc1[C@@H]1CCCN1c1ccc(-c2nc(C(C)C)no2)cn1. The fourth-order valence-electron chi connectivity index (χ4n) is 3.13. The molecular weight excluding hydrogens is 320 g/mol. The minimum Gasteiger partial charge on any atom is -0.348 e. The molecule has 0 N–H and O–H groups in total. The van der Waals surface area contributed by atoms with Crippen molar-refractivity contribution in [1.29, 1.82) is 0 Å². The molecule has 4 heterocycles. The van der Waals surface area contributed by atoms with Crippen LogP contribution < -0.4 is 4.90 Å². The van der Waals surface area contributed by atoms with Gasteiger partial charge in [-0.2, -0.15) is 4.98 Å². The van der Waals surface area contributed by atoms with Crippen LogP contribution >= 0.6 is 0 Å². The molecule has 0 amide bonds. The third kappa shape index (κ3) is 2.88. The summed E-state index contributed by atoms with van der Waals surface area (Å²) in [7, 11) is 0. The van der Waals surface area contributed by atoms with Crippen LogP contribution in [0.4, 0.5) is 5.82 Å². The van der Waals surface area contributed by atoms with Gasteiger partial charge in [0, 0.05) is 18.7 Å². The number of hydrogen-bond acceptors (Lipinski definition) is 8. The Kier molecular flexibility index (Phi) is 3.95. The summed E-state index contributed by atoms with van der Waals surface area (Å²) >= 11 is 0. The van der Waals surface area contributed by atoms with E-state index < -0.39 is 0 Å². The Morgan fingerprint density at radius 2 is 2.08 bits per heavy atom. The summed E-state index contributed by atoms with van der Waals surface area (Å²) in [6.45, 7) is 6.91. The van der Waals surface area contributed by atoms with E-state index in [2.05, 4.69) is 30.3 Å². The first-order valence-corrected chi connectivity index (χ1v) is 8.49. The van der Waals surface area contributed by atoms with E-state index in [0.29, 0.717) is 11.7 Å². The molecule has 1 aliphatic rings. The van der Waals surface area contributed by atoms with E-state index in [9.17, 15) is 0 Å². The third-order valence-electron chi connectivity index (χ3n) is 4.50. The van der Waals surface area contributed by atoms with Crippen LogP contribution in [0.1, 0.15) is 55.9 Å². The van der Waals surface area contributed by atoms with Crippen LogP contribution in [0.2, 0.25) is 0 Å². The summed E-state index contributed by atoms with van der Waals surface area (Å²) < 4.78 is 10.2. The maximum Gasteiger partial charge on any atom is 0.259 e. The van der Waals surface area contributed by atoms with Crippen LogP contribution in [0.5, 0.6) is 0 Å². The predicted octanol–water partition coefficient (Wildman–Crippen LogP) is 3.29. The van der Waals surface area contributed by atoms with Gasteiger partial charge >= 0.3 is 0 Å². The molecule has 0 saturated carbocycles. The average Bonchev–Trinajstić information content (AvgIpc) is 3.35. The second-order valence-corrected chi connectivity index (χ2v) is 6.60. The first kappa shape index (κ1) is 15.7. The van der Waals surface area contributed by atoms with Crippen LogP contribution in [0, 0.1) is 6.92 Å². The van der Waals surface area contributed by atoms with E-state index in [1.165, 1.54) is 0 Å². The van der Waals surface area contributed by atoms with E-state index in [-0.39, 0.29) is 12.0 Å². The zero-order valence-corrected chi connectivity index (χ0v) is 14.5. The van der Waals surface area contributed by atoms with Crippen LogP contribution in [0.15, 0.2) is 27.5 Å². The quantitative estimate of drug-likeness (QED) is 0.714. The van der Waals surface area contributed by atoms with E-state index in [0.717, 1.165) is 42.2 Å². The molecule has 4 rings (SSSR count). The molecular formula is C17H20N6O2. The Morgan fingerprint density at radius 3 is 2.72 bits per heavy atom. The molecule has 0 spiro atoms. The maximum absolute atomic E-state index is 5.33. The molecule has 1 saturated heterocycles. The van der Waals surface area contributed by atoms with Gasteiger partial charge in [-0.25, -0.2) is 9.61 Å². The number of hydrogen-bond donors (Lipinski definition) is 0. The van der Waals surface area contributed by atoms with Crippen molar-refractivity contribution in [2.24, 2.45) is 0 Å². The highest BCUT2D eigenvalue weighted by Crippen LogP contribution is 2.35. The maximum atomic E-state index is 5.33. The summed E-state index contributed by atoms with van der Waals surface area (Å²) in [5, 5.41) is 12.0. The second-order valence-electron chi connectivity index (χ2n) is 6.60. The third-order valence-corrected chi connectivity index (χ3v) is 4.50. The largest absolute Gasteiger partial charge is 0.348 e. The normalized spacial score (nSPS) is 17.6. The van der Waals surface area contributed by atoms with Gasteiger partial charge in [-0.05, 0) is 31.9 Å². The number of anilines is 1. The summed E-state index contributed by atoms with van der Waals surface area (Å²) in [5.41, 5.74) is 2.54. The van der Waals surface area contributed by atoms with Crippen molar-refractivity contribution < 1.29 is 9.15 Å². The van der Waals surface area contributed by atoms with Crippen LogP contribution in [-0.4, -0.2) is 32.0 Å². The Hall–Kier alpha value is -2.77. The highest BCUT2D eigenvalue weighted by molar-refractivity contribution is 5.55. The van der Waals surface area contributed by atoms with Crippen molar-refractivity contribution in [1.82, 2.24) is 25.4 Å². The lowest BCUT2D eigenvalue weighted by molar-refractivity contribution is 0.299. The molecule has 1 fully saturated rings. The van der Waals surface area contributed by atoms with Gasteiger partial charge < -0.3 is 9.42 Å². The molecule has 0 radical (unpaired) electrons. The number of aromatic nitrogens is 5. The van der Waals surface area contributed by atoms with E-state index in [1.807, 2.05) is 32.9 Å². The van der Waals surface area contributed by atoms with Gasteiger partial charge in [0.05, 0.1) is 11.6 Å². The van der Waals surface area contributed by atoms with Gasteiger partial charge in [0.25, 0.3) is 5.89 Å². The van der Waals surface area contributed by atoms with Gasteiger partial charge in [-0.1, -0.05) is 29.3 Å². The van der Waals surface area contributed by atoms with Crippen LogP contribution in [-0.2, 0) is 0 Å². The van der Waals surface area contributed by atoms with Crippen molar-refractivity contribution in [2.75, 3.05) is 11.4 Å². The topological polar surface area (TPSA) is 94.0 Å². The molecule has 8 nitrogen and oxygen atoms in total. The Morgan fingerprint density at radius 1 is 1.20 bits per heavy atom. The minimum atomic E-state index is 0.153. The Labute approximate surface area is 145 Å². The van der Waals surface area contributed by atoms with Crippen molar-refractivity contribution >= 4 is 5.82 Å². The number of rotatable bonds is 4. The Bertz CT molecular complexity index is 854. The predicted molar refractivity (Wildman–Crippen MR) is 90.0 cm³/mol. The first-order chi connectivity index (χ1) is 12.1. The summed E-state index contributed by atoms with van der Waals surface area (Å²) in [4.78, 5) is 11.3. The molecule has 1 aliphatic heterocycles. The molecule has 25 heavy (non-hydrogen) atoms. The summed E-state index contributed by atoms with van der Waals surface area (Å²) in [5.74, 6) is 2.33. The highest BCUT2D eigenvalue weighted by atomic mass is 16.6. The van der Waals surface area contributed by atoms with Gasteiger partial charge in [0.2, 0.25) is 0 Å². The smallest absolute Gasteiger partial charge is 0.259 e. The number of nitrogens with zero attached hydrogens (tertiary/aromatic N) is 6. The number of aryl methyl sites for hydroxylation is 1. The van der Waals surface area contributed by atoms with E-state index >= 15 is 0 Å². The molecule has 3 aromatic rings. The number of pyridine rings is 1. The Balaban J connectivity index is 1.58.